The predicted octanol–water partition coefficient (Wildman–Crippen LogP) is 3.53. The van der Waals surface area contributed by atoms with Crippen molar-refractivity contribution in [2.24, 2.45) is 0 Å². The van der Waals surface area contributed by atoms with Gasteiger partial charge in [-0.15, -0.1) is 0 Å². The second kappa shape index (κ2) is 5.87. The molecule has 1 heterocycles. The number of anilines is 1. The Morgan fingerprint density at radius 2 is 1.91 bits per heavy atom. The molecule has 1 saturated carbocycles. The van der Waals surface area contributed by atoms with Crippen molar-refractivity contribution < 1.29 is 4.74 Å². The molecule has 0 atom stereocenters. The number of nitrogen functional groups attached to an aromatic ring is 1. The Balaban J connectivity index is 2.25. The molecule has 0 amide bonds. The van der Waals surface area contributed by atoms with Crippen LogP contribution in [0.3, 0.4) is 0 Å². The minimum atomic E-state index is -0.0899. The maximum Gasteiger partial charge on any atom is 0.274 e. The summed E-state index contributed by atoms with van der Waals surface area (Å²) in [5.74, 6) is 0.779. The summed E-state index contributed by atoms with van der Waals surface area (Å²) in [6.45, 7) is 2.04. The first-order chi connectivity index (χ1) is 10.6. The van der Waals surface area contributed by atoms with E-state index in [9.17, 15) is 4.79 Å². The van der Waals surface area contributed by atoms with Crippen LogP contribution in [0.5, 0.6) is 5.75 Å². The van der Waals surface area contributed by atoms with Crippen LogP contribution in [0.1, 0.15) is 37.3 Å². The highest BCUT2D eigenvalue weighted by molar-refractivity contribution is 5.69. The lowest BCUT2D eigenvalue weighted by atomic mass is 10.0. The minimum Gasteiger partial charge on any atom is -0.496 e. The van der Waals surface area contributed by atoms with E-state index < -0.39 is 0 Å². The van der Waals surface area contributed by atoms with Gasteiger partial charge in [-0.05, 0) is 44.0 Å². The van der Waals surface area contributed by atoms with E-state index in [0.717, 1.165) is 48.3 Å². The number of methoxy groups -OCH3 is 1. The van der Waals surface area contributed by atoms with Crippen molar-refractivity contribution in [3.8, 4) is 17.0 Å². The molecule has 0 aliphatic heterocycles. The monoisotopic (exact) mass is 298 g/mol. The molecule has 116 valence electrons. The number of aryl methyl sites for hydroxylation is 1. The van der Waals surface area contributed by atoms with Crippen molar-refractivity contribution in [2.75, 3.05) is 12.8 Å². The molecule has 1 aliphatic rings. The normalized spacial score (nSPS) is 15.2. The Labute approximate surface area is 130 Å². The number of pyridine rings is 1. The molecule has 3 rings (SSSR count). The second-order valence-electron chi connectivity index (χ2n) is 5.99. The first kappa shape index (κ1) is 14.7. The lowest BCUT2D eigenvalue weighted by Crippen LogP contribution is -2.27. The highest BCUT2D eigenvalue weighted by Gasteiger charge is 2.23. The number of hydrogen-bond acceptors (Lipinski definition) is 3. The van der Waals surface area contributed by atoms with Gasteiger partial charge in [-0.25, -0.2) is 0 Å². The third-order valence-corrected chi connectivity index (χ3v) is 4.47. The van der Waals surface area contributed by atoms with Crippen LogP contribution in [0.4, 0.5) is 5.69 Å². The summed E-state index contributed by atoms with van der Waals surface area (Å²) in [4.78, 5) is 12.6. The first-order valence-electron chi connectivity index (χ1n) is 7.78. The van der Waals surface area contributed by atoms with E-state index in [4.69, 9.17) is 10.5 Å². The Hall–Kier alpha value is -2.23. The maximum absolute atomic E-state index is 12.6. The number of aromatic nitrogens is 1. The van der Waals surface area contributed by atoms with Crippen LogP contribution in [-0.4, -0.2) is 11.7 Å². The van der Waals surface area contributed by atoms with Crippen molar-refractivity contribution in [3.63, 3.8) is 0 Å². The standard InChI is InChI=1S/C18H22N2O2/c1-12-7-10-17(22-2)14(11-12)16-9-8-15(19)18(21)20(16)13-5-3-4-6-13/h7-11,13H,3-6,19H2,1-2H3. The molecule has 22 heavy (non-hydrogen) atoms. The zero-order chi connectivity index (χ0) is 15.7. The SMILES string of the molecule is COc1ccc(C)cc1-c1ccc(N)c(=O)n1C1CCCC1. The van der Waals surface area contributed by atoms with Crippen LogP contribution < -0.4 is 16.0 Å². The van der Waals surface area contributed by atoms with Crippen molar-refractivity contribution in [1.29, 1.82) is 0 Å². The van der Waals surface area contributed by atoms with Crippen LogP contribution in [0.15, 0.2) is 35.1 Å². The van der Waals surface area contributed by atoms with Crippen LogP contribution in [0, 0.1) is 6.92 Å². The lowest BCUT2D eigenvalue weighted by Gasteiger charge is -2.21. The molecule has 0 unspecified atom stereocenters. The van der Waals surface area contributed by atoms with Gasteiger partial charge in [-0.3, -0.25) is 4.79 Å². The highest BCUT2D eigenvalue weighted by atomic mass is 16.5. The molecule has 0 spiro atoms. The van der Waals surface area contributed by atoms with Gasteiger partial charge >= 0.3 is 0 Å². The summed E-state index contributed by atoms with van der Waals surface area (Å²) in [7, 11) is 1.66. The number of benzene rings is 1. The number of hydrogen-bond donors (Lipinski definition) is 1. The Morgan fingerprint density at radius 1 is 1.18 bits per heavy atom. The van der Waals surface area contributed by atoms with Gasteiger partial charge in [0.2, 0.25) is 0 Å². The molecule has 1 fully saturated rings. The molecule has 0 bridgehead atoms. The van der Waals surface area contributed by atoms with E-state index >= 15 is 0 Å². The predicted molar refractivity (Wildman–Crippen MR) is 89.3 cm³/mol. The molecule has 1 aromatic heterocycles. The number of nitrogens with zero attached hydrogens (tertiary/aromatic N) is 1. The lowest BCUT2D eigenvalue weighted by molar-refractivity contribution is 0.415. The summed E-state index contributed by atoms with van der Waals surface area (Å²) in [6.07, 6.45) is 4.39. The molecule has 4 heteroatoms. The fourth-order valence-corrected chi connectivity index (χ4v) is 3.34. The number of nitrogens with two attached hydrogens (primary N) is 1. The van der Waals surface area contributed by atoms with Crippen LogP contribution in [0.2, 0.25) is 0 Å². The third kappa shape index (κ3) is 2.49. The van der Waals surface area contributed by atoms with Crippen molar-refractivity contribution in [2.45, 2.75) is 38.6 Å². The molecular formula is C18H22N2O2. The van der Waals surface area contributed by atoms with E-state index in [1.807, 2.05) is 29.7 Å². The van der Waals surface area contributed by atoms with Gasteiger partial charge in [0.15, 0.2) is 0 Å². The average molecular weight is 298 g/mol. The molecule has 2 aromatic rings. The smallest absolute Gasteiger partial charge is 0.274 e. The molecule has 0 radical (unpaired) electrons. The topological polar surface area (TPSA) is 57.2 Å². The zero-order valence-corrected chi connectivity index (χ0v) is 13.1. The molecule has 2 N–H and O–H groups in total. The van der Waals surface area contributed by atoms with Gasteiger partial charge < -0.3 is 15.0 Å². The van der Waals surface area contributed by atoms with E-state index in [0.29, 0.717) is 5.69 Å². The van der Waals surface area contributed by atoms with Crippen LogP contribution in [0.25, 0.3) is 11.3 Å². The second-order valence-corrected chi connectivity index (χ2v) is 5.99. The van der Waals surface area contributed by atoms with Gasteiger partial charge in [0, 0.05) is 11.6 Å². The molecule has 1 aliphatic carbocycles. The average Bonchev–Trinajstić information content (AvgIpc) is 3.03. The van der Waals surface area contributed by atoms with E-state index in [1.54, 1.807) is 13.2 Å². The maximum atomic E-state index is 12.6. The Morgan fingerprint density at radius 3 is 2.59 bits per heavy atom. The van der Waals surface area contributed by atoms with Crippen LogP contribution in [-0.2, 0) is 0 Å². The molecule has 0 saturated heterocycles. The zero-order valence-electron chi connectivity index (χ0n) is 13.1. The quantitative estimate of drug-likeness (QED) is 0.943. The van der Waals surface area contributed by atoms with Crippen molar-refractivity contribution >= 4 is 5.69 Å². The van der Waals surface area contributed by atoms with Crippen molar-refractivity contribution in [3.05, 3.63) is 46.2 Å². The minimum absolute atomic E-state index is 0.0899. The highest BCUT2D eigenvalue weighted by Crippen LogP contribution is 2.36. The van der Waals surface area contributed by atoms with E-state index in [-0.39, 0.29) is 11.6 Å². The van der Waals surface area contributed by atoms with Gasteiger partial charge in [-0.1, -0.05) is 24.5 Å². The summed E-state index contributed by atoms with van der Waals surface area (Å²) in [5, 5.41) is 0. The number of rotatable bonds is 3. The summed E-state index contributed by atoms with van der Waals surface area (Å²) >= 11 is 0. The Kier molecular flexibility index (Phi) is 3.92. The van der Waals surface area contributed by atoms with E-state index in [2.05, 4.69) is 6.07 Å². The van der Waals surface area contributed by atoms with E-state index in [1.165, 1.54) is 0 Å². The van der Waals surface area contributed by atoms with Crippen molar-refractivity contribution in [1.82, 2.24) is 4.57 Å². The summed E-state index contributed by atoms with van der Waals surface area (Å²) in [5.41, 5.74) is 9.07. The molecule has 1 aromatic carbocycles. The Bertz CT molecular complexity index is 743. The third-order valence-electron chi connectivity index (χ3n) is 4.47. The van der Waals surface area contributed by atoms with Crippen LogP contribution >= 0.6 is 0 Å². The molecular weight excluding hydrogens is 276 g/mol. The fraction of sp³-hybridized carbons (Fsp3) is 0.389. The van der Waals surface area contributed by atoms with Gasteiger partial charge in [-0.2, -0.15) is 0 Å². The first-order valence-corrected chi connectivity index (χ1v) is 7.78. The summed E-state index contributed by atoms with van der Waals surface area (Å²) < 4.78 is 7.37. The molecule has 4 nitrogen and oxygen atoms in total. The van der Waals surface area contributed by atoms with Gasteiger partial charge in [0.25, 0.3) is 5.56 Å². The van der Waals surface area contributed by atoms with Gasteiger partial charge in [0.05, 0.1) is 18.5 Å². The fourth-order valence-electron chi connectivity index (χ4n) is 3.34. The summed E-state index contributed by atoms with van der Waals surface area (Å²) in [6, 6.07) is 9.89. The number of ether oxygens (including phenoxy) is 1. The van der Waals surface area contributed by atoms with Gasteiger partial charge in [0.1, 0.15) is 5.75 Å². The largest absolute Gasteiger partial charge is 0.496 e.